The summed E-state index contributed by atoms with van der Waals surface area (Å²) in [5, 5.41) is 0. The van der Waals surface area contributed by atoms with Gasteiger partial charge in [-0.25, -0.2) is 0 Å². The summed E-state index contributed by atoms with van der Waals surface area (Å²) in [6.45, 7) is 6.90. The molecule has 0 bridgehead atoms. The molecule has 1 fully saturated rings. The van der Waals surface area contributed by atoms with Gasteiger partial charge in [0.05, 0.1) is 6.42 Å². The average molecular weight is 302 g/mol. The van der Waals surface area contributed by atoms with Crippen molar-refractivity contribution >= 4 is 11.8 Å². The van der Waals surface area contributed by atoms with Crippen molar-refractivity contribution in [3.63, 3.8) is 0 Å². The Morgan fingerprint density at radius 3 is 2.27 bits per heavy atom. The van der Waals surface area contributed by atoms with Crippen LogP contribution in [0.25, 0.3) is 0 Å². The fourth-order valence-electron chi connectivity index (χ4n) is 2.87. The molecule has 22 heavy (non-hydrogen) atoms. The second-order valence-corrected chi connectivity index (χ2v) is 5.97. The van der Waals surface area contributed by atoms with E-state index in [1.807, 2.05) is 47.9 Å². The molecule has 2 amide bonds. The lowest BCUT2D eigenvalue weighted by Crippen LogP contribution is -2.37. The number of benzene rings is 1. The zero-order chi connectivity index (χ0) is 15.9. The van der Waals surface area contributed by atoms with E-state index >= 15 is 0 Å². The molecule has 0 aliphatic carbocycles. The Morgan fingerprint density at radius 2 is 1.64 bits per heavy atom. The van der Waals surface area contributed by atoms with E-state index < -0.39 is 0 Å². The van der Waals surface area contributed by atoms with Crippen LogP contribution in [0, 0.1) is 6.92 Å². The Balaban J connectivity index is 1.92. The fraction of sp³-hybridized carbons (Fsp3) is 0.556. The summed E-state index contributed by atoms with van der Waals surface area (Å²) in [4.78, 5) is 28.3. The van der Waals surface area contributed by atoms with Crippen molar-refractivity contribution in [2.75, 3.05) is 26.2 Å². The van der Waals surface area contributed by atoms with Crippen LogP contribution >= 0.6 is 0 Å². The molecule has 0 unspecified atom stereocenters. The number of carbonyl (C=O) groups excluding carboxylic acids is 2. The average Bonchev–Trinajstić information content (AvgIpc) is 2.76. The lowest BCUT2D eigenvalue weighted by Gasteiger charge is -2.22. The lowest BCUT2D eigenvalue weighted by atomic mass is 10.1. The van der Waals surface area contributed by atoms with Crippen LogP contribution in [-0.4, -0.2) is 47.8 Å². The minimum Gasteiger partial charge on any atom is -0.341 e. The quantitative estimate of drug-likeness (QED) is 0.857. The van der Waals surface area contributed by atoms with Crippen LogP contribution < -0.4 is 0 Å². The summed E-state index contributed by atoms with van der Waals surface area (Å²) in [6, 6.07) is 8.02. The van der Waals surface area contributed by atoms with Gasteiger partial charge in [0.2, 0.25) is 11.8 Å². The first-order valence-electron chi connectivity index (χ1n) is 8.22. The van der Waals surface area contributed by atoms with E-state index in [4.69, 9.17) is 0 Å². The van der Waals surface area contributed by atoms with Crippen LogP contribution in [0.2, 0.25) is 0 Å². The van der Waals surface area contributed by atoms with Gasteiger partial charge in [0.1, 0.15) is 0 Å². The molecule has 0 saturated carbocycles. The summed E-state index contributed by atoms with van der Waals surface area (Å²) in [5.74, 6) is 0.384. The molecule has 0 atom stereocenters. The van der Waals surface area contributed by atoms with Crippen molar-refractivity contribution in [2.45, 2.75) is 39.5 Å². The van der Waals surface area contributed by atoms with E-state index in [1.54, 1.807) is 0 Å². The fourth-order valence-corrected chi connectivity index (χ4v) is 2.87. The molecule has 0 N–H and O–H groups in total. The van der Waals surface area contributed by atoms with Gasteiger partial charge in [0.15, 0.2) is 0 Å². The molecule has 2 rings (SSSR count). The molecule has 4 heteroatoms. The topological polar surface area (TPSA) is 40.6 Å². The number of rotatable bonds is 4. The Hall–Kier alpha value is -1.84. The Bertz CT molecular complexity index is 528. The van der Waals surface area contributed by atoms with E-state index in [-0.39, 0.29) is 11.8 Å². The third-order valence-corrected chi connectivity index (χ3v) is 4.27. The van der Waals surface area contributed by atoms with Gasteiger partial charge >= 0.3 is 0 Å². The van der Waals surface area contributed by atoms with Crippen molar-refractivity contribution in [1.29, 1.82) is 0 Å². The SMILES string of the molecule is CCCC(=O)N1CCCN(C(=O)Cc2ccccc2C)CC1. The summed E-state index contributed by atoms with van der Waals surface area (Å²) >= 11 is 0. The van der Waals surface area contributed by atoms with Crippen LogP contribution in [0.1, 0.15) is 37.3 Å². The summed E-state index contributed by atoms with van der Waals surface area (Å²) in [7, 11) is 0. The standard InChI is InChI=1S/C18H26N2O2/c1-3-7-17(21)19-10-6-11-20(13-12-19)18(22)14-16-9-5-4-8-15(16)2/h4-5,8-9H,3,6-7,10-14H2,1-2H3. The second kappa shape index (κ2) is 7.97. The molecule has 1 aromatic carbocycles. The van der Waals surface area contributed by atoms with Crippen molar-refractivity contribution in [2.24, 2.45) is 0 Å². The predicted octanol–water partition coefficient (Wildman–Crippen LogP) is 2.40. The molecular formula is C18H26N2O2. The van der Waals surface area contributed by atoms with Crippen molar-refractivity contribution in [1.82, 2.24) is 9.80 Å². The van der Waals surface area contributed by atoms with Gasteiger partial charge in [-0.2, -0.15) is 0 Å². The van der Waals surface area contributed by atoms with Gasteiger partial charge < -0.3 is 9.80 Å². The van der Waals surface area contributed by atoms with Gasteiger partial charge in [0.25, 0.3) is 0 Å². The van der Waals surface area contributed by atoms with Crippen LogP contribution in [-0.2, 0) is 16.0 Å². The highest BCUT2D eigenvalue weighted by atomic mass is 16.2. The molecule has 1 saturated heterocycles. The number of hydrogen-bond acceptors (Lipinski definition) is 2. The van der Waals surface area contributed by atoms with E-state index in [9.17, 15) is 9.59 Å². The third kappa shape index (κ3) is 4.33. The second-order valence-electron chi connectivity index (χ2n) is 5.97. The first-order chi connectivity index (χ1) is 10.6. The first-order valence-corrected chi connectivity index (χ1v) is 8.22. The number of hydrogen-bond donors (Lipinski definition) is 0. The highest BCUT2D eigenvalue weighted by molar-refractivity contribution is 5.79. The van der Waals surface area contributed by atoms with Crippen LogP contribution in [0.5, 0.6) is 0 Å². The number of carbonyl (C=O) groups is 2. The Kier molecular flexibility index (Phi) is 5.99. The van der Waals surface area contributed by atoms with Crippen molar-refractivity contribution in [3.8, 4) is 0 Å². The molecule has 1 aliphatic heterocycles. The summed E-state index contributed by atoms with van der Waals surface area (Å²) < 4.78 is 0. The molecular weight excluding hydrogens is 276 g/mol. The minimum absolute atomic E-state index is 0.166. The molecule has 120 valence electrons. The molecule has 1 heterocycles. The van der Waals surface area contributed by atoms with E-state index in [0.717, 1.165) is 37.1 Å². The van der Waals surface area contributed by atoms with Gasteiger partial charge in [-0.15, -0.1) is 0 Å². The van der Waals surface area contributed by atoms with Crippen LogP contribution in [0.3, 0.4) is 0 Å². The number of amides is 2. The lowest BCUT2D eigenvalue weighted by molar-refractivity contribution is -0.133. The van der Waals surface area contributed by atoms with Gasteiger partial charge in [-0.3, -0.25) is 9.59 Å². The van der Waals surface area contributed by atoms with E-state index in [1.165, 1.54) is 0 Å². The molecule has 0 aromatic heterocycles. The summed E-state index contributed by atoms with van der Waals surface area (Å²) in [6.07, 6.45) is 2.81. The predicted molar refractivity (Wildman–Crippen MR) is 87.6 cm³/mol. The Morgan fingerprint density at radius 1 is 1.00 bits per heavy atom. The van der Waals surface area contributed by atoms with Crippen LogP contribution in [0.4, 0.5) is 0 Å². The first kappa shape index (κ1) is 16.5. The van der Waals surface area contributed by atoms with Crippen LogP contribution in [0.15, 0.2) is 24.3 Å². The van der Waals surface area contributed by atoms with E-state index in [2.05, 4.69) is 0 Å². The van der Waals surface area contributed by atoms with Crippen molar-refractivity contribution in [3.05, 3.63) is 35.4 Å². The third-order valence-electron chi connectivity index (χ3n) is 4.27. The highest BCUT2D eigenvalue weighted by Crippen LogP contribution is 2.12. The zero-order valence-electron chi connectivity index (χ0n) is 13.7. The maximum absolute atomic E-state index is 12.5. The molecule has 0 radical (unpaired) electrons. The normalized spacial score (nSPS) is 15.5. The number of nitrogens with zero attached hydrogens (tertiary/aromatic N) is 2. The Labute approximate surface area is 133 Å². The van der Waals surface area contributed by atoms with Gasteiger partial charge in [0, 0.05) is 32.6 Å². The maximum atomic E-state index is 12.5. The molecule has 1 aromatic rings. The van der Waals surface area contributed by atoms with Gasteiger partial charge in [-0.05, 0) is 30.9 Å². The minimum atomic E-state index is 0.166. The molecule has 4 nitrogen and oxygen atoms in total. The monoisotopic (exact) mass is 302 g/mol. The van der Waals surface area contributed by atoms with Crippen molar-refractivity contribution < 1.29 is 9.59 Å². The smallest absolute Gasteiger partial charge is 0.227 e. The largest absolute Gasteiger partial charge is 0.341 e. The van der Waals surface area contributed by atoms with E-state index in [0.29, 0.717) is 25.9 Å². The highest BCUT2D eigenvalue weighted by Gasteiger charge is 2.21. The molecule has 0 spiro atoms. The maximum Gasteiger partial charge on any atom is 0.227 e. The number of aryl methyl sites for hydroxylation is 1. The molecule has 1 aliphatic rings. The zero-order valence-corrected chi connectivity index (χ0v) is 13.7. The summed E-state index contributed by atoms with van der Waals surface area (Å²) in [5.41, 5.74) is 2.25. The van der Waals surface area contributed by atoms with Gasteiger partial charge in [-0.1, -0.05) is 31.2 Å².